The van der Waals surface area contributed by atoms with Crippen LogP contribution in [0.25, 0.3) is 11.0 Å². The maximum absolute atomic E-state index is 12.4. The van der Waals surface area contributed by atoms with E-state index in [1.807, 2.05) is 19.1 Å². The summed E-state index contributed by atoms with van der Waals surface area (Å²) in [5, 5.41) is 3.02. The minimum atomic E-state index is -0.645. The molecule has 128 valence electrons. The maximum atomic E-state index is 12.4. The number of amides is 1. The van der Waals surface area contributed by atoms with Crippen molar-refractivity contribution in [2.24, 2.45) is 14.1 Å². The van der Waals surface area contributed by atoms with Gasteiger partial charge in [-0.1, -0.05) is 29.3 Å². The fourth-order valence-electron chi connectivity index (χ4n) is 2.59. The Hall–Kier alpha value is -2.86. The lowest BCUT2D eigenvalue weighted by molar-refractivity contribution is 0.102. The van der Waals surface area contributed by atoms with E-state index in [9.17, 15) is 14.4 Å². The number of halogens is 1. The van der Waals surface area contributed by atoms with E-state index in [2.05, 4.69) is 5.32 Å². The van der Waals surface area contributed by atoms with Gasteiger partial charge in [0.25, 0.3) is 5.91 Å². The molecule has 0 aliphatic carbocycles. The molecule has 0 aliphatic rings. The Morgan fingerprint density at radius 2 is 1.48 bits per heavy atom. The lowest BCUT2D eigenvalue weighted by atomic mass is 10.1. The van der Waals surface area contributed by atoms with Crippen molar-refractivity contribution in [2.45, 2.75) is 6.92 Å². The number of nitrogens with one attached hydrogen (secondary N) is 1. The van der Waals surface area contributed by atoms with Gasteiger partial charge >= 0.3 is 11.1 Å². The number of hydrogen-bond donors (Lipinski definition) is 1. The van der Waals surface area contributed by atoms with Gasteiger partial charge in [0.1, 0.15) is 0 Å². The van der Waals surface area contributed by atoms with Crippen molar-refractivity contribution >= 4 is 34.2 Å². The van der Waals surface area contributed by atoms with Gasteiger partial charge in [0, 0.05) is 19.7 Å². The molecule has 3 aromatic rings. The number of aromatic nitrogens is 2. The highest BCUT2D eigenvalue weighted by Crippen LogP contribution is 2.27. The Morgan fingerprint density at radius 3 is 2.04 bits per heavy atom. The third-order valence-electron chi connectivity index (χ3n) is 4.14. The molecule has 0 bridgehead atoms. The molecule has 1 aromatic heterocycles. The number of rotatable bonds is 2. The molecule has 2 aromatic carbocycles. The predicted molar refractivity (Wildman–Crippen MR) is 98.6 cm³/mol. The molecule has 7 heteroatoms. The normalized spacial score (nSPS) is 10.9. The number of hydrogen-bond acceptors (Lipinski definition) is 3. The van der Waals surface area contributed by atoms with Crippen LogP contribution in [0.5, 0.6) is 0 Å². The number of anilines is 1. The monoisotopic (exact) mass is 357 g/mol. The fraction of sp³-hybridized carbons (Fsp3) is 0.167. The van der Waals surface area contributed by atoms with Crippen LogP contribution in [-0.4, -0.2) is 15.0 Å². The minimum absolute atomic E-state index is 0.279. The second-order valence-corrected chi connectivity index (χ2v) is 6.28. The molecule has 25 heavy (non-hydrogen) atoms. The van der Waals surface area contributed by atoms with Gasteiger partial charge in [0.05, 0.1) is 21.7 Å². The Labute approximate surface area is 148 Å². The van der Waals surface area contributed by atoms with Gasteiger partial charge in [-0.25, -0.2) is 0 Å². The summed E-state index contributed by atoms with van der Waals surface area (Å²) < 4.78 is 2.49. The van der Waals surface area contributed by atoms with E-state index in [-0.39, 0.29) is 10.9 Å². The zero-order chi connectivity index (χ0) is 18.3. The zero-order valence-electron chi connectivity index (χ0n) is 14.0. The lowest BCUT2D eigenvalue weighted by Crippen LogP contribution is -2.39. The van der Waals surface area contributed by atoms with Gasteiger partial charge in [-0.15, -0.1) is 0 Å². The fourth-order valence-corrected chi connectivity index (χ4v) is 2.79. The van der Waals surface area contributed by atoms with Crippen LogP contribution in [0.4, 0.5) is 5.69 Å². The van der Waals surface area contributed by atoms with Crippen LogP contribution >= 0.6 is 11.6 Å². The summed E-state index contributed by atoms with van der Waals surface area (Å²) in [6.45, 7) is 1.94. The molecular weight excluding hydrogens is 342 g/mol. The molecule has 1 N–H and O–H groups in total. The average Bonchev–Trinajstić information content (AvgIpc) is 2.60. The summed E-state index contributed by atoms with van der Waals surface area (Å²) in [4.78, 5) is 36.3. The Balaban J connectivity index is 2.10. The van der Waals surface area contributed by atoms with Crippen LogP contribution < -0.4 is 16.4 Å². The Kier molecular flexibility index (Phi) is 4.22. The standard InChI is InChI=1S/C18H16ClN3O3/c1-10-4-6-11(7-5-10)16(23)20-13-9-15-14(8-12(13)19)21(2)17(24)18(25)22(15)3/h4-9H,1-3H3,(H,20,23). The average molecular weight is 358 g/mol. The van der Waals surface area contributed by atoms with Crippen molar-refractivity contribution in [1.29, 1.82) is 0 Å². The summed E-state index contributed by atoms with van der Waals surface area (Å²) in [7, 11) is 3.01. The van der Waals surface area contributed by atoms with E-state index in [0.717, 1.165) is 5.56 Å². The van der Waals surface area contributed by atoms with Crippen molar-refractivity contribution in [1.82, 2.24) is 9.13 Å². The quantitative estimate of drug-likeness (QED) is 0.716. The van der Waals surface area contributed by atoms with E-state index >= 15 is 0 Å². The predicted octanol–water partition coefficient (Wildman–Crippen LogP) is 2.45. The van der Waals surface area contributed by atoms with Crippen molar-refractivity contribution in [3.8, 4) is 0 Å². The smallest absolute Gasteiger partial charge is 0.316 e. The molecular formula is C18H16ClN3O3. The third-order valence-corrected chi connectivity index (χ3v) is 4.45. The molecule has 1 heterocycles. The van der Waals surface area contributed by atoms with Gasteiger partial charge in [0.2, 0.25) is 0 Å². The molecule has 0 fully saturated rings. The molecule has 0 atom stereocenters. The number of benzene rings is 2. The highest BCUT2D eigenvalue weighted by Gasteiger charge is 2.14. The van der Waals surface area contributed by atoms with E-state index in [4.69, 9.17) is 11.6 Å². The van der Waals surface area contributed by atoms with E-state index in [1.165, 1.54) is 23.2 Å². The van der Waals surface area contributed by atoms with E-state index < -0.39 is 11.1 Å². The number of aryl methyl sites for hydroxylation is 3. The van der Waals surface area contributed by atoms with Gasteiger partial charge in [-0.05, 0) is 31.2 Å². The molecule has 0 saturated carbocycles. The topological polar surface area (TPSA) is 73.1 Å². The number of nitrogens with zero attached hydrogens (tertiary/aromatic N) is 2. The van der Waals surface area contributed by atoms with Crippen LogP contribution in [0.15, 0.2) is 46.0 Å². The molecule has 0 unspecified atom stereocenters. The van der Waals surface area contributed by atoms with Crippen molar-refractivity contribution in [3.05, 3.63) is 73.3 Å². The summed E-state index contributed by atoms with van der Waals surface area (Å²) in [5.41, 5.74) is 1.64. The minimum Gasteiger partial charge on any atom is -0.321 e. The molecule has 0 saturated heterocycles. The Bertz CT molecular complexity index is 1110. The second kappa shape index (κ2) is 6.22. The Morgan fingerprint density at radius 1 is 0.960 bits per heavy atom. The van der Waals surface area contributed by atoms with Crippen molar-refractivity contribution < 1.29 is 4.79 Å². The number of carbonyl (C=O) groups excluding carboxylic acids is 1. The lowest BCUT2D eigenvalue weighted by Gasteiger charge is -2.13. The van der Waals surface area contributed by atoms with Crippen molar-refractivity contribution in [3.63, 3.8) is 0 Å². The summed E-state index contributed by atoms with van der Waals surface area (Å²) >= 11 is 6.26. The SMILES string of the molecule is Cc1ccc(C(=O)Nc2cc3c(cc2Cl)n(C)c(=O)c(=O)n3C)cc1. The van der Waals surface area contributed by atoms with Crippen LogP contribution in [0.1, 0.15) is 15.9 Å². The van der Waals surface area contributed by atoms with Crippen LogP contribution in [0, 0.1) is 6.92 Å². The largest absolute Gasteiger partial charge is 0.321 e. The first kappa shape index (κ1) is 17.0. The van der Waals surface area contributed by atoms with Gasteiger partial charge < -0.3 is 14.5 Å². The first-order chi connectivity index (χ1) is 11.8. The van der Waals surface area contributed by atoms with E-state index in [1.54, 1.807) is 24.3 Å². The van der Waals surface area contributed by atoms with E-state index in [0.29, 0.717) is 22.3 Å². The maximum Gasteiger partial charge on any atom is 0.316 e. The molecule has 1 amide bonds. The molecule has 0 radical (unpaired) electrons. The van der Waals surface area contributed by atoms with Crippen LogP contribution in [0.2, 0.25) is 5.02 Å². The van der Waals surface area contributed by atoms with Gasteiger partial charge in [-0.2, -0.15) is 0 Å². The zero-order valence-corrected chi connectivity index (χ0v) is 14.7. The first-order valence-corrected chi connectivity index (χ1v) is 7.94. The summed E-state index contributed by atoms with van der Waals surface area (Å²) in [5.74, 6) is -0.309. The molecule has 3 rings (SSSR count). The van der Waals surface area contributed by atoms with Crippen LogP contribution in [0.3, 0.4) is 0 Å². The van der Waals surface area contributed by atoms with Crippen molar-refractivity contribution in [2.75, 3.05) is 5.32 Å². The highest BCUT2D eigenvalue weighted by molar-refractivity contribution is 6.34. The summed E-state index contributed by atoms with van der Waals surface area (Å²) in [6, 6.07) is 10.3. The molecule has 0 aliphatic heterocycles. The van der Waals surface area contributed by atoms with Gasteiger partial charge in [-0.3, -0.25) is 14.4 Å². The molecule has 6 nitrogen and oxygen atoms in total. The second-order valence-electron chi connectivity index (χ2n) is 5.87. The highest BCUT2D eigenvalue weighted by atomic mass is 35.5. The van der Waals surface area contributed by atoms with Gasteiger partial charge in [0.15, 0.2) is 0 Å². The molecule has 0 spiro atoms. The summed E-state index contributed by atoms with van der Waals surface area (Å²) in [6.07, 6.45) is 0. The number of fused-ring (bicyclic) bond motifs is 1. The number of carbonyl (C=O) groups is 1. The van der Waals surface area contributed by atoms with Crippen LogP contribution in [-0.2, 0) is 14.1 Å². The first-order valence-electron chi connectivity index (χ1n) is 7.57. The third kappa shape index (κ3) is 2.96.